The first-order valence-electron chi connectivity index (χ1n) is 8.00. The highest BCUT2D eigenvalue weighted by Crippen LogP contribution is 2.55. The normalized spacial score (nSPS) is 36.8. The van der Waals surface area contributed by atoms with Gasteiger partial charge in [0.25, 0.3) is 5.91 Å². The summed E-state index contributed by atoms with van der Waals surface area (Å²) in [6.07, 6.45) is 8.50. The molecule has 112 valence electrons. The number of rotatable bonds is 2. The maximum absolute atomic E-state index is 12.7. The molecule has 0 saturated heterocycles. The van der Waals surface area contributed by atoms with Gasteiger partial charge in [-0.2, -0.15) is 0 Å². The molecule has 0 N–H and O–H groups in total. The molecule has 0 aliphatic heterocycles. The van der Waals surface area contributed by atoms with Crippen molar-refractivity contribution in [2.45, 2.75) is 38.1 Å². The summed E-state index contributed by atoms with van der Waals surface area (Å²) in [5, 5.41) is 0. The summed E-state index contributed by atoms with van der Waals surface area (Å²) in [6.45, 7) is 0. The fraction of sp³-hybridized carbons (Fsp3) is 0.647. The zero-order valence-electron chi connectivity index (χ0n) is 12.3. The van der Waals surface area contributed by atoms with E-state index in [1.165, 1.54) is 32.1 Å². The molecule has 4 aliphatic rings. The van der Waals surface area contributed by atoms with Crippen LogP contribution in [-0.2, 0) is 0 Å². The van der Waals surface area contributed by atoms with Crippen LogP contribution < -0.4 is 0 Å². The Hall–Kier alpha value is -0.900. The fourth-order valence-corrected chi connectivity index (χ4v) is 5.60. The van der Waals surface area contributed by atoms with Crippen LogP contribution >= 0.6 is 15.9 Å². The molecule has 0 spiro atoms. The van der Waals surface area contributed by atoms with Crippen molar-refractivity contribution in [2.24, 2.45) is 23.7 Å². The molecule has 4 aliphatic carbocycles. The number of carbonyl (C=O) groups is 1. The van der Waals surface area contributed by atoms with Gasteiger partial charge in [0, 0.05) is 19.3 Å². The molecule has 21 heavy (non-hydrogen) atoms. The lowest BCUT2D eigenvalue weighted by Gasteiger charge is -2.56. The van der Waals surface area contributed by atoms with E-state index >= 15 is 0 Å². The first-order chi connectivity index (χ1) is 10.1. The molecule has 5 rings (SSSR count). The van der Waals surface area contributed by atoms with Crippen molar-refractivity contribution in [2.75, 3.05) is 7.05 Å². The van der Waals surface area contributed by atoms with Gasteiger partial charge in [-0.3, -0.25) is 4.79 Å². The molecule has 3 nitrogen and oxygen atoms in total. The van der Waals surface area contributed by atoms with Gasteiger partial charge < -0.3 is 4.90 Å². The van der Waals surface area contributed by atoms with Crippen molar-refractivity contribution >= 4 is 21.8 Å². The minimum atomic E-state index is 0.132. The molecule has 4 bridgehead atoms. The molecular weight excluding hydrogens is 328 g/mol. The molecule has 1 aromatic rings. The van der Waals surface area contributed by atoms with Crippen LogP contribution in [0, 0.1) is 23.7 Å². The number of hydrogen-bond acceptors (Lipinski definition) is 2. The highest BCUT2D eigenvalue weighted by Gasteiger charge is 2.50. The molecule has 0 unspecified atom stereocenters. The SMILES string of the molecule is CN(C(=O)c1ccc(Br)nc1)C1C2CC3CC(C2)CC1C3. The van der Waals surface area contributed by atoms with Crippen molar-refractivity contribution in [1.29, 1.82) is 0 Å². The zero-order valence-corrected chi connectivity index (χ0v) is 13.9. The number of nitrogens with zero attached hydrogens (tertiary/aromatic N) is 2. The summed E-state index contributed by atoms with van der Waals surface area (Å²) < 4.78 is 0.774. The van der Waals surface area contributed by atoms with Crippen molar-refractivity contribution in [1.82, 2.24) is 9.88 Å². The number of amides is 1. The predicted octanol–water partition coefficient (Wildman–Crippen LogP) is 3.74. The van der Waals surface area contributed by atoms with E-state index in [-0.39, 0.29) is 5.91 Å². The topological polar surface area (TPSA) is 33.2 Å². The van der Waals surface area contributed by atoms with Crippen molar-refractivity contribution in [3.05, 3.63) is 28.5 Å². The first-order valence-corrected chi connectivity index (χ1v) is 8.80. The van der Waals surface area contributed by atoms with Gasteiger partial charge in [0.15, 0.2) is 0 Å². The second-order valence-corrected chi connectivity index (χ2v) is 8.02. The number of halogens is 1. The summed E-state index contributed by atoms with van der Waals surface area (Å²) in [6, 6.07) is 4.16. The van der Waals surface area contributed by atoms with E-state index in [9.17, 15) is 4.79 Å². The van der Waals surface area contributed by atoms with Gasteiger partial charge in [-0.15, -0.1) is 0 Å². The van der Waals surface area contributed by atoms with Crippen molar-refractivity contribution < 1.29 is 4.79 Å². The monoisotopic (exact) mass is 348 g/mol. The molecule has 0 aromatic carbocycles. The molecule has 0 radical (unpaired) electrons. The van der Waals surface area contributed by atoms with Crippen molar-refractivity contribution in [3.8, 4) is 0 Å². The molecule has 1 amide bonds. The lowest BCUT2D eigenvalue weighted by molar-refractivity contribution is -0.0491. The van der Waals surface area contributed by atoms with Crippen LogP contribution in [0.4, 0.5) is 0 Å². The molecule has 0 atom stereocenters. The van der Waals surface area contributed by atoms with E-state index in [1.807, 2.05) is 24.1 Å². The second kappa shape index (κ2) is 5.08. The lowest BCUT2D eigenvalue weighted by atomic mass is 9.54. The number of pyridine rings is 1. The number of hydrogen-bond donors (Lipinski definition) is 0. The third-order valence-electron chi connectivity index (χ3n) is 5.92. The quantitative estimate of drug-likeness (QED) is 0.762. The van der Waals surface area contributed by atoms with Crippen LogP contribution in [0.5, 0.6) is 0 Å². The molecular formula is C17H21BrN2O. The Balaban J connectivity index is 1.55. The summed E-state index contributed by atoms with van der Waals surface area (Å²) in [5.41, 5.74) is 0.703. The smallest absolute Gasteiger partial charge is 0.255 e. The maximum atomic E-state index is 12.7. The lowest BCUT2D eigenvalue weighted by Crippen LogP contribution is -2.56. The molecule has 1 heterocycles. The van der Waals surface area contributed by atoms with Gasteiger partial charge in [-0.05, 0) is 83.8 Å². The average molecular weight is 349 g/mol. The number of carbonyl (C=O) groups excluding carboxylic acids is 1. The van der Waals surface area contributed by atoms with Crippen LogP contribution in [0.15, 0.2) is 22.9 Å². The molecule has 4 heteroatoms. The van der Waals surface area contributed by atoms with Gasteiger partial charge in [0.05, 0.1) is 5.56 Å². The minimum Gasteiger partial charge on any atom is -0.338 e. The Morgan fingerprint density at radius 1 is 1.14 bits per heavy atom. The van der Waals surface area contributed by atoms with E-state index in [4.69, 9.17) is 0 Å². The van der Waals surface area contributed by atoms with Crippen LogP contribution in [-0.4, -0.2) is 28.9 Å². The molecule has 4 fully saturated rings. The van der Waals surface area contributed by atoms with Gasteiger partial charge in [0.2, 0.25) is 0 Å². The van der Waals surface area contributed by atoms with Crippen LogP contribution in [0.25, 0.3) is 0 Å². The van der Waals surface area contributed by atoms with Gasteiger partial charge in [-0.25, -0.2) is 4.98 Å². The summed E-state index contributed by atoms with van der Waals surface area (Å²) in [4.78, 5) is 19.0. The Morgan fingerprint density at radius 3 is 2.29 bits per heavy atom. The zero-order chi connectivity index (χ0) is 14.6. The Kier molecular flexibility index (Phi) is 3.32. The van der Waals surface area contributed by atoms with Crippen molar-refractivity contribution in [3.63, 3.8) is 0 Å². The maximum Gasteiger partial charge on any atom is 0.255 e. The van der Waals surface area contributed by atoms with Crippen LogP contribution in [0.1, 0.15) is 42.5 Å². The van der Waals surface area contributed by atoms with Gasteiger partial charge >= 0.3 is 0 Å². The van der Waals surface area contributed by atoms with E-state index in [2.05, 4.69) is 20.9 Å². The molecule has 4 saturated carbocycles. The van der Waals surface area contributed by atoms with Gasteiger partial charge in [-0.1, -0.05) is 0 Å². The summed E-state index contributed by atoms with van der Waals surface area (Å²) in [5.74, 6) is 3.49. The largest absolute Gasteiger partial charge is 0.338 e. The summed E-state index contributed by atoms with van der Waals surface area (Å²) >= 11 is 3.32. The van der Waals surface area contributed by atoms with E-state index < -0.39 is 0 Å². The second-order valence-electron chi connectivity index (χ2n) is 7.21. The highest BCUT2D eigenvalue weighted by molar-refractivity contribution is 9.10. The third-order valence-corrected chi connectivity index (χ3v) is 6.39. The fourth-order valence-electron chi connectivity index (χ4n) is 5.37. The Bertz CT molecular complexity index is 528. The van der Waals surface area contributed by atoms with Gasteiger partial charge in [0.1, 0.15) is 4.60 Å². The number of aromatic nitrogens is 1. The Labute approximate surface area is 134 Å². The Morgan fingerprint density at radius 2 is 1.76 bits per heavy atom. The highest BCUT2D eigenvalue weighted by atomic mass is 79.9. The van der Waals surface area contributed by atoms with Crippen LogP contribution in [0.2, 0.25) is 0 Å². The van der Waals surface area contributed by atoms with E-state index in [0.29, 0.717) is 11.6 Å². The minimum absolute atomic E-state index is 0.132. The standard InChI is InChI=1S/C17H21BrN2O/c1-20(17(21)12-2-3-15(18)19-9-12)16-13-5-10-4-11(7-13)8-14(16)6-10/h2-3,9-11,13-14,16H,4-8H2,1H3. The van der Waals surface area contributed by atoms with Crippen LogP contribution in [0.3, 0.4) is 0 Å². The first kappa shape index (κ1) is 13.7. The van der Waals surface area contributed by atoms with E-state index in [1.54, 1.807) is 6.20 Å². The van der Waals surface area contributed by atoms with E-state index in [0.717, 1.165) is 28.3 Å². The average Bonchev–Trinajstić information content (AvgIpc) is 2.46. The molecule has 1 aromatic heterocycles. The summed E-state index contributed by atoms with van der Waals surface area (Å²) in [7, 11) is 2.00. The predicted molar refractivity (Wildman–Crippen MR) is 84.9 cm³/mol. The third kappa shape index (κ3) is 2.32.